The van der Waals surface area contributed by atoms with Gasteiger partial charge in [-0.05, 0) is 30.3 Å². The van der Waals surface area contributed by atoms with E-state index in [0.29, 0.717) is 5.69 Å². The molecule has 1 atom stereocenters. The lowest BCUT2D eigenvalue weighted by molar-refractivity contribution is 0.253. The van der Waals surface area contributed by atoms with Crippen LogP contribution in [-0.4, -0.2) is 19.8 Å². The molecule has 0 aliphatic carbocycles. The molecule has 6 heteroatoms. The number of sulfonamides is 1. The second kappa shape index (κ2) is 4.43. The quantitative estimate of drug-likeness (QED) is 0.509. The summed E-state index contributed by atoms with van der Waals surface area (Å²) in [6.45, 7) is 3.39. The zero-order valence-corrected chi connectivity index (χ0v) is 8.74. The Balaban J connectivity index is 2.86. The smallest absolute Gasteiger partial charge is 0.238 e. The molecule has 0 fully saturated rings. The average molecular weight is 228 g/mol. The Morgan fingerprint density at radius 3 is 2.33 bits per heavy atom. The Hall–Kier alpha value is -1.37. The maximum absolute atomic E-state index is 10.9. The number of nitrogens with two attached hydrogens (primary N) is 1. The van der Waals surface area contributed by atoms with Crippen molar-refractivity contribution in [3.05, 3.63) is 36.9 Å². The van der Waals surface area contributed by atoms with Crippen LogP contribution in [0.1, 0.15) is 0 Å². The predicted molar refractivity (Wildman–Crippen MR) is 57.6 cm³/mol. The highest BCUT2D eigenvalue weighted by molar-refractivity contribution is 7.89. The van der Waals surface area contributed by atoms with E-state index in [1.165, 1.54) is 30.3 Å². The summed E-state index contributed by atoms with van der Waals surface area (Å²) in [5.41, 5.74) is 0.579. The lowest BCUT2D eigenvalue weighted by Crippen LogP contribution is -2.15. The normalized spacial score (nSPS) is 13.2. The van der Waals surface area contributed by atoms with Crippen molar-refractivity contribution in [1.29, 1.82) is 0 Å². The fourth-order valence-corrected chi connectivity index (χ4v) is 1.49. The van der Waals surface area contributed by atoms with Gasteiger partial charge < -0.3 is 10.4 Å². The fourth-order valence-electron chi connectivity index (χ4n) is 0.971. The molecule has 5 nitrogen and oxygen atoms in total. The van der Waals surface area contributed by atoms with Gasteiger partial charge in [-0.25, -0.2) is 13.6 Å². The lowest BCUT2D eigenvalue weighted by Gasteiger charge is -2.09. The monoisotopic (exact) mass is 228 g/mol. The molecule has 1 aromatic carbocycles. The van der Waals surface area contributed by atoms with Crippen LogP contribution in [0.15, 0.2) is 41.8 Å². The van der Waals surface area contributed by atoms with Crippen LogP contribution < -0.4 is 10.5 Å². The van der Waals surface area contributed by atoms with Crippen molar-refractivity contribution >= 4 is 15.7 Å². The van der Waals surface area contributed by atoms with E-state index in [-0.39, 0.29) is 4.90 Å². The maximum atomic E-state index is 10.9. The summed E-state index contributed by atoms with van der Waals surface area (Å²) in [7, 11) is -3.66. The first-order valence-electron chi connectivity index (χ1n) is 4.13. The molecule has 0 radical (unpaired) electrons. The minimum absolute atomic E-state index is 0.0288. The number of hydrogen-bond donors (Lipinski definition) is 3. The number of benzene rings is 1. The van der Waals surface area contributed by atoms with Crippen LogP contribution in [0.2, 0.25) is 0 Å². The fraction of sp³-hybridized carbons (Fsp3) is 0.111. The highest BCUT2D eigenvalue weighted by Gasteiger charge is 2.06. The van der Waals surface area contributed by atoms with Gasteiger partial charge in [-0.2, -0.15) is 0 Å². The van der Waals surface area contributed by atoms with Crippen molar-refractivity contribution < 1.29 is 13.5 Å². The summed E-state index contributed by atoms with van der Waals surface area (Å²) in [5.74, 6) is 0. The van der Waals surface area contributed by atoms with Crippen LogP contribution in [0.25, 0.3) is 0 Å². The Bertz CT molecular complexity index is 439. The summed E-state index contributed by atoms with van der Waals surface area (Å²) in [6, 6.07) is 5.72. The van der Waals surface area contributed by atoms with E-state index in [1.54, 1.807) is 0 Å². The molecule has 0 amide bonds. The molecule has 1 aromatic rings. The maximum Gasteiger partial charge on any atom is 0.238 e. The zero-order valence-electron chi connectivity index (χ0n) is 7.92. The number of rotatable bonds is 4. The minimum atomic E-state index is -3.66. The molecule has 1 rings (SSSR count). The highest BCUT2D eigenvalue weighted by atomic mass is 32.2. The first-order chi connectivity index (χ1) is 6.93. The van der Waals surface area contributed by atoms with Gasteiger partial charge in [0, 0.05) is 5.69 Å². The van der Waals surface area contributed by atoms with E-state index in [1.807, 2.05) is 0 Å². The largest absolute Gasteiger partial charge is 0.370 e. The lowest BCUT2D eigenvalue weighted by atomic mass is 10.3. The van der Waals surface area contributed by atoms with Gasteiger partial charge >= 0.3 is 0 Å². The van der Waals surface area contributed by atoms with E-state index in [9.17, 15) is 8.42 Å². The Labute approximate surface area is 88.3 Å². The molecule has 0 aliphatic heterocycles. The van der Waals surface area contributed by atoms with Crippen LogP contribution in [-0.2, 0) is 10.0 Å². The van der Waals surface area contributed by atoms with Crippen molar-refractivity contribution in [2.24, 2.45) is 5.14 Å². The molecule has 4 N–H and O–H groups in total. The predicted octanol–water partition coefficient (Wildman–Crippen LogP) is 0.250. The van der Waals surface area contributed by atoms with Crippen LogP contribution >= 0.6 is 0 Å². The average Bonchev–Trinajstić information content (AvgIpc) is 2.17. The van der Waals surface area contributed by atoms with Crippen LogP contribution in [0.5, 0.6) is 0 Å². The molecular formula is C9H12N2O3S. The number of anilines is 1. The third kappa shape index (κ3) is 3.35. The summed E-state index contributed by atoms with van der Waals surface area (Å²) < 4.78 is 21.8. The third-order valence-corrected chi connectivity index (χ3v) is 2.65. The molecule has 82 valence electrons. The molecule has 0 saturated carbocycles. The van der Waals surface area contributed by atoms with E-state index in [4.69, 9.17) is 10.2 Å². The van der Waals surface area contributed by atoms with Gasteiger partial charge in [-0.1, -0.05) is 6.58 Å². The van der Waals surface area contributed by atoms with Crippen LogP contribution in [0.4, 0.5) is 5.69 Å². The van der Waals surface area contributed by atoms with Crippen LogP contribution in [0, 0.1) is 0 Å². The Morgan fingerprint density at radius 2 is 1.93 bits per heavy atom. The highest BCUT2D eigenvalue weighted by Crippen LogP contribution is 2.13. The Kier molecular flexibility index (Phi) is 3.46. The summed E-state index contributed by atoms with van der Waals surface area (Å²) >= 11 is 0. The number of aliphatic hydroxyl groups is 1. The van der Waals surface area contributed by atoms with Crippen molar-refractivity contribution in [3.8, 4) is 0 Å². The van der Waals surface area contributed by atoms with Crippen molar-refractivity contribution in [3.63, 3.8) is 0 Å². The van der Waals surface area contributed by atoms with E-state index < -0.39 is 16.3 Å². The topological polar surface area (TPSA) is 92.4 Å². The third-order valence-electron chi connectivity index (χ3n) is 1.72. The summed E-state index contributed by atoms with van der Waals surface area (Å²) in [4.78, 5) is 0.0288. The second-order valence-electron chi connectivity index (χ2n) is 2.89. The molecule has 0 bridgehead atoms. The van der Waals surface area contributed by atoms with Gasteiger partial charge in [0.25, 0.3) is 0 Å². The van der Waals surface area contributed by atoms with Gasteiger partial charge in [-0.3, -0.25) is 0 Å². The molecule has 0 aliphatic rings. The molecule has 0 aromatic heterocycles. The molecule has 0 saturated heterocycles. The van der Waals surface area contributed by atoms with Crippen molar-refractivity contribution in [1.82, 2.24) is 0 Å². The van der Waals surface area contributed by atoms with Gasteiger partial charge in [0.1, 0.15) is 6.23 Å². The molecule has 0 heterocycles. The number of primary sulfonamides is 1. The van der Waals surface area contributed by atoms with Gasteiger partial charge in [0.05, 0.1) is 4.90 Å². The standard InChI is InChI=1S/C9H12N2O3S/c1-2-9(12)11-7-3-5-8(6-4-7)15(10,13)14/h2-6,9,11-12H,1H2,(H2,10,13,14). The summed E-state index contributed by atoms with van der Waals surface area (Å²) in [5, 5.41) is 16.8. The molecule has 0 spiro atoms. The molecule has 1 unspecified atom stereocenters. The van der Waals surface area contributed by atoms with Crippen molar-refractivity contribution in [2.75, 3.05) is 5.32 Å². The second-order valence-corrected chi connectivity index (χ2v) is 4.46. The first-order valence-corrected chi connectivity index (χ1v) is 5.68. The number of aliphatic hydroxyl groups excluding tert-OH is 1. The number of nitrogens with one attached hydrogen (secondary N) is 1. The van der Waals surface area contributed by atoms with E-state index in [2.05, 4.69) is 11.9 Å². The van der Waals surface area contributed by atoms with E-state index >= 15 is 0 Å². The van der Waals surface area contributed by atoms with E-state index in [0.717, 1.165) is 0 Å². The Morgan fingerprint density at radius 1 is 1.40 bits per heavy atom. The zero-order chi connectivity index (χ0) is 11.5. The molecule has 15 heavy (non-hydrogen) atoms. The van der Waals surface area contributed by atoms with Gasteiger partial charge in [-0.15, -0.1) is 0 Å². The SMILES string of the molecule is C=CC(O)Nc1ccc(S(N)(=O)=O)cc1. The minimum Gasteiger partial charge on any atom is -0.370 e. The summed E-state index contributed by atoms with van der Waals surface area (Å²) in [6.07, 6.45) is 0.443. The van der Waals surface area contributed by atoms with Gasteiger partial charge in [0.2, 0.25) is 10.0 Å². The van der Waals surface area contributed by atoms with Gasteiger partial charge in [0.15, 0.2) is 0 Å². The van der Waals surface area contributed by atoms with Crippen LogP contribution in [0.3, 0.4) is 0 Å². The molecular weight excluding hydrogens is 216 g/mol. The first kappa shape index (κ1) is 11.7. The number of hydrogen-bond acceptors (Lipinski definition) is 4. The van der Waals surface area contributed by atoms with Crippen molar-refractivity contribution in [2.45, 2.75) is 11.1 Å².